The summed E-state index contributed by atoms with van der Waals surface area (Å²) < 4.78 is 23.9. The molecule has 0 spiro atoms. The summed E-state index contributed by atoms with van der Waals surface area (Å²) in [6, 6.07) is 1.75. The first kappa shape index (κ1) is 10.4. The third-order valence-electron chi connectivity index (χ3n) is 2.35. The Balaban J connectivity index is 2.58. The van der Waals surface area contributed by atoms with Gasteiger partial charge in [0.25, 0.3) is 0 Å². The van der Waals surface area contributed by atoms with Crippen molar-refractivity contribution in [3.05, 3.63) is 0 Å². The summed E-state index contributed by atoms with van der Waals surface area (Å²) in [5.74, 6) is -0.449. The van der Waals surface area contributed by atoms with Crippen LogP contribution in [0.2, 0.25) is 0 Å². The molecule has 0 radical (unpaired) electrons. The molecular weight excluding hydrogens is 190 g/mol. The second-order valence-corrected chi connectivity index (χ2v) is 5.34. The maximum atomic E-state index is 11.3. The minimum Gasteiger partial charge on any atom is -0.328 e. The highest BCUT2D eigenvalue weighted by Gasteiger charge is 2.34. The molecule has 1 saturated carbocycles. The normalized spacial score (nSPS) is 28.2. The van der Waals surface area contributed by atoms with Gasteiger partial charge in [0.15, 0.2) is 5.75 Å². The molecule has 74 valence electrons. The zero-order chi connectivity index (χ0) is 10.1. The fraction of sp³-hybridized carbons (Fsp3) is 0.857. The van der Waals surface area contributed by atoms with Gasteiger partial charge in [-0.25, -0.2) is 12.7 Å². The van der Waals surface area contributed by atoms with Gasteiger partial charge in [-0.3, -0.25) is 0 Å². The number of sulfonamides is 1. The molecule has 0 amide bonds. The zero-order valence-electron chi connectivity index (χ0n) is 7.47. The van der Waals surface area contributed by atoms with Crippen LogP contribution in [-0.2, 0) is 10.0 Å². The van der Waals surface area contributed by atoms with E-state index in [0.29, 0.717) is 12.8 Å². The van der Waals surface area contributed by atoms with Crippen LogP contribution in [0.1, 0.15) is 12.8 Å². The Morgan fingerprint density at radius 2 is 2.15 bits per heavy atom. The highest BCUT2D eigenvalue weighted by Crippen LogP contribution is 2.24. The smallest absolute Gasteiger partial charge is 0.227 e. The first-order valence-electron chi connectivity index (χ1n) is 4.05. The predicted molar refractivity (Wildman–Crippen MR) is 48.2 cm³/mol. The molecule has 1 rings (SSSR count). The van der Waals surface area contributed by atoms with Crippen molar-refractivity contribution >= 4 is 10.0 Å². The SMILES string of the molecule is CN(C1CC(N)C1)S(=O)(=O)CC#N. The van der Waals surface area contributed by atoms with E-state index < -0.39 is 15.8 Å². The van der Waals surface area contributed by atoms with Gasteiger partial charge in [0.05, 0.1) is 6.07 Å². The molecule has 0 atom stereocenters. The van der Waals surface area contributed by atoms with Crippen molar-refractivity contribution in [3.8, 4) is 6.07 Å². The molecule has 0 unspecified atom stereocenters. The predicted octanol–water partition coefficient (Wildman–Crippen LogP) is -0.739. The number of nitrogens with two attached hydrogens (primary N) is 1. The topological polar surface area (TPSA) is 87.2 Å². The number of hydrogen-bond acceptors (Lipinski definition) is 4. The molecule has 1 fully saturated rings. The lowest BCUT2D eigenvalue weighted by molar-refractivity contribution is 0.218. The van der Waals surface area contributed by atoms with E-state index in [9.17, 15) is 8.42 Å². The Morgan fingerprint density at radius 3 is 2.54 bits per heavy atom. The van der Waals surface area contributed by atoms with Crippen LogP contribution in [0.25, 0.3) is 0 Å². The van der Waals surface area contributed by atoms with Crippen molar-refractivity contribution in [2.24, 2.45) is 5.73 Å². The van der Waals surface area contributed by atoms with E-state index in [1.165, 1.54) is 11.4 Å². The molecule has 0 aromatic heterocycles. The van der Waals surface area contributed by atoms with E-state index in [1.54, 1.807) is 6.07 Å². The van der Waals surface area contributed by atoms with Crippen LogP contribution in [0, 0.1) is 11.3 Å². The van der Waals surface area contributed by atoms with E-state index in [0.717, 1.165) is 0 Å². The van der Waals surface area contributed by atoms with Gasteiger partial charge in [0.1, 0.15) is 0 Å². The van der Waals surface area contributed by atoms with Crippen molar-refractivity contribution in [3.63, 3.8) is 0 Å². The molecule has 1 aliphatic rings. The molecule has 5 nitrogen and oxygen atoms in total. The fourth-order valence-electron chi connectivity index (χ4n) is 1.34. The number of nitrogens with zero attached hydrogens (tertiary/aromatic N) is 2. The van der Waals surface area contributed by atoms with E-state index >= 15 is 0 Å². The van der Waals surface area contributed by atoms with Crippen LogP contribution in [0.5, 0.6) is 0 Å². The molecule has 0 aromatic rings. The van der Waals surface area contributed by atoms with Crippen molar-refractivity contribution < 1.29 is 8.42 Å². The van der Waals surface area contributed by atoms with Crippen molar-refractivity contribution in [1.29, 1.82) is 5.26 Å². The second-order valence-electron chi connectivity index (χ2n) is 3.32. The molecule has 0 aliphatic heterocycles. The van der Waals surface area contributed by atoms with Crippen molar-refractivity contribution in [1.82, 2.24) is 4.31 Å². The molecule has 2 N–H and O–H groups in total. The Labute approximate surface area is 78.2 Å². The molecule has 13 heavy (non-hydrogen) atoms. The minimum atomic E-state index is -3.38. The minimum absolute atomic E-state index is 0.00616. The number of rotatable bonds is 3. The molecule has 0 heterocycles. The fourth-order valence-corrected chi connectivity index (χ4v) is 2.33. The summed E-state index contributed by atoms with van der Waals surface area (Å²) in [5, 5.41) is 8.29. The standard InChI is InChI=1S/C7H13N3O2S/c1-10(7-4-6(9)5-7)13(11,12)3-2-8/h6-7H,3-5,9H2,1H3. The first-order chi connectivity index (χ1) is 5.97. The van der Waals surface area contributed by atoms with Gasteiger partial charge in [-0.2, -0.15) is 5.26 Å². The third-order valence-corrected chi connectivity index (χ3v) is 4.02. The Kier molecular flexibility index (Phi) is 2.91. The van der Waals surface area contributed by atoms with E-state index in [2.05, 4.69) is 0 Å². The van der Waals surface area contributed by atoms with Gasteiger partial charge in [-0.15, -0.1) is 0 Å². The zero-order valence-corrected chi connectivity index (χ0v) is 8.29. The Hall–Kier alpha value is -0.640. The highest BCUT2D eigenvalue weighted by atomic mass is 32.2. The summed E-state index contributed by atoms with van der Waals surface area (Å²) in [4.78, 5) is 0. The van der Waals surface area contributed by atoms with Gasteiger partial charge in [0, 0.05) is 19.1 Å². The average molecular weight is 203 g/mol. The largest absolute Gasteiger partial charge is 0.328 e. The average Bonchev–Trinajstić information content (AvgIpc) is 1.97. The maximum absolute atomic E-state index is 11.3. The summed E-state index contributed by atoms with van der Waals surface area (Å²) in [6.07, 6.45) is 1.39. The molecule has 0 aromatic carbocycles. The lowest BCUT2D eigenvalue weighted by atomic mass is 9.88. The van der Waals surface area contributed by atoms with E-state index in [4.69, 9.17) is 11.0 Å². The quantitative estimate of drug-likeness (QED) is 0.654. The summed E-state index contributed by atoms with van der Waals surface area (Å²) in [6.45, 7) is 0. The lowest BCUT2D eigenvalue weighted by Crippen LogP contribution is -2.51. The van der Waals surface area contributed by atoms with Crippen LogP contribution in [0.4, 0.5) is 0 Å². The van der Waals surface area contributed by atoms with Gasteiger partial charge >= 0.3 is 0 Å². The number of hydrogen-bond donors (Lipinski definition) is 1. The van der Waals surface area contributed by atoms with Gasteiger partial charge < -0.3 is 5.73 Å². The van der Waals surface area contributed by atoms with Gasteiger partial charge in [-0.05, 0) is 12.8 Å². The van der Waals surface area contributed by atoms with Crippen molar-refractivity contribution in [2.75, 3.05) is 12.8 Å². The van der Waals surface area contributed by atoms with E-state index in [-0.39, 0.29) is 12.1 Å². The molecule has 0 saturated heterocycles. The Morgan fingerprint density at radius 1 is 1.62 bits per heavy atom. The summed E-state index contributed by atoms with van der Waals surface area (Å²) in [7, 11) is -1.87. The highest BCUT2D eigenvalue weighted by molar-refractivity contribution is 7.89. The molecule has 1 aliphatic carbocycles. The summed E-state index contributed by atoms with van der Waals surface area (Å²) >= 11 is 0. The van der Waals surface area contributed by atoms with Crippen LogP contribution in [-0.4, -0.2) is 37.6 Å². The molecular formula is C7H13N3O2S. The van der Waals surface area contributed by atoms with Gasteiger partial charge in [-0.1, -0.05) is 0 Å². The molecule has 0 bridgehead atoms. The lowest BCUT2D eigenvalue weighted by Gasteiger charge is -2.38. The maximum Gasteiger partial charge on any atom is 0.227 e. The second kappa shape index (κ2) is 3.62. The monoisotopic (exact) mass is 203 g/mol. The van der Waals surface area contributed by atoms with Crippen LogP contribution >= 0.6 is 0 Å². The van der Waals surface area contributed by atoms with Crippen LogP contribution in [0.15, 0.2) is 0 Å². The molecule has 6 heteroatoms. The first-order valence-corrected chi connectivity index (χ1v) is 5.66. The van der Waals surface area contributed by atoms with Crippen LogP contribution in [0.3, 0.4) is 0 Å². The van der Waals surface area contributed by atoms with Crippen LogP contribution < -0.4 is 5.73 Å². The van der Waals surface area contributed by atoms with Gasteiger partial charge in [0.2, 0.25) is 10.0 Å². The number of nitriles is 1. The summed E-state index contributed by atoms with van der Waals surface area (Å²) in [5.41, 5.74) is 5.54. The van der Waals surface area contributed by atoms with E-state index in [1.807, 2.05) is 0 Å². The Bertz CT molecular complexity index is 313. The third kappa shape index (κ3) is 2.18. The van der Waals surface area contributed by atoms with Crippen molar-refractivity contribution in [2.45, 2.75) is 24.9 Å².